The third kappa shape index (κ3) is 8.23. The van der Waals surface area contributed by atoms with Gasteiger partial charge >= 0.3 is 6.09 Å². The van der Waals surface area contributed by atoms with Gasteiger partial charge in [-0.3, -0.25) is 9.59 Å². The van der Waals surface area contributed by atoms with Gasteiger partial charge in [-0.05, 0) is 76.1 Å². The van der Waals surface area contributed by atoms with E-state index in [1.54, 1.807) is 75.2 Å². The minimum atomic E-state index is -0.566. The summed E-state index contributed by atoms with van der Waals surface area (Å²) in [7, 11) is 3.20. The van der Waals surface area contributed by atoms with Crippen molar-refractivity contribution >= 4 is 29.3 Å². The van der Waals surface area contributed by atoms with Crippen LogP contribution in [0.15, 0.2) is 66.7 Å². The summed E-state index contributed by atoms with van der Waals surface area (Å²) in [5.41, 5.74) is 2.39. The molecule has 0 saturated heterocycles. The van der Waals surface area contributed by atoms with Gasteiger partial charge in [0.05, 0.1) is 25.0 Å². The number of hydrogen-bond donors (Lipinski definition) is 2. The molecule has 3 aromatic carbocycles. The number of nitrogens with one attached hydrogen (secondary N) is 2. The molecule has 3 aromatic rings. The summed E-state index contributed by atoms with van der Waals surface area (Å²) in [5, 5.41) is 5.53. The van der Waals surface area contributed by atoms with Gasteiger partial charge in [-0.1, -0.05) is 30.3 Å². The Balaban J connectivity index is 1.64. The first-order valence-electron chi connectivity index (χ1n) is 13.0. The summed E-state index contributed by atoms with van der Waals surface area (Å²) in [6.45, 7) is 7.99. The maximum atomic E-state index is 13.2. The van der Waals surface area contributed by atoms with Gasteiger partial charge in [0, 0.05) is 24.8 Å². The molecular weight excluding hydrogens is 510 g/mol. The van der Waals surface area contributed by atoms with Crippen molar-refractivity contribution < 1.29 is 28.6 Å². The average Bonchev–Trinajstić information content (AvgIpc) is 2.91. The molecule has 0 aliphatic heterocycles. The Morgan fingerprint density at radius 1 is 0.925 bits per heavy atom. The van der Waals surface area contributed by atoms with Crippen LogP contribution in [0.3, 0.4) is 0 Å². The standard InChI is InChI=1S/C31H37N3O6/c1-21-12-7-9-14-25(21)34(5)29(36)22-16-17-24(27(20-22)38-6)33-28(35)23-13-8-10-15-26(23)39-19-11-18-32-30(37)40-31(2,3)4/h7-10,12-17,20H,11,18-19H2,1-6H3,(H,32,37)(H,33,35). The molecule has 3 rings (SSSR count). The maximum absolute atomic E-state index is 13.2. The number of hydrogen-bond acceptors (Lipinski definition) is 6. The summed E-state index contributed by atoms with van der Waals surface area (Å²) in [6, 6.07) is 19.4. The molecule has 0 spiro atoms. The number of anilines is 2. The van der Waals surface area contributed by atoms with E-state index >= 15 is 0 Å². The molecule has 0 aliphatic rings. The average molecular weight is 548 g/mol. The van der Waals surface area contributed by atoms with Crippen molar-refractivity contribution in [2.45, 2.75) is 39.7 Å². The largest absolute Gasteiger partial charge is 0.495 e. The van der Waals surface area contributed by atoms with Crippen molar-refractivity contribution in [1.29, 1.82) is 0 Å². The van der Waals surface area contributed by atoms with Gasteiger partial charge in [0.1, 0.15) is 17.1 Å². The van der Waals surface area contributed by atoms with Crippen LogP contribution >= 0.6 is 0 Å². The lowest BCUT2D eigenvalue weighted by Crippen LogP contribution is -2.33. The zero-order chi connectivity index (χ0) is 29.3. The number of aryl methyl sites for hydroxylation is 1. The summed E-state index contributed by atoms with van der Waals surface area (Å²) >= 11 is 0. The van der Waals surface area contributed by atoms with Crippen LogP contribution < -0.4 is 25.0 Å². The molecule has 0 aliphatic carbocycles. The minimum Gasteiger partial charge on any atom is -0.495 e. The Morgan fingerprint density at radius 3 is 2.33 bits per heavy atom. The Kier molecular flexibility index (Phi) is 10.1. The second-order valence-corrected chi connectivity index (χ2v) is 10.1. The Hall–Kier alpha value is -4.53. The van der Waals surface area contributed by atoms with E-state index in [9.17, 15) is 14.4 Å². The van der Waals surface area contributed by atoms with Crippen molar-refractivity contribution in [3.8, 4) is 11.5 Å². The van der Waals surface area contributed by atoms with Crippen molar-refractivity contribution in [2.24, 2.45) is 0 Å². The van der Waals surface area contributed by atoms with Crippen molar-refractivity contribution in [3.63, 3.8) is 0 Å². The molecule has 0 saturated carbocycles. The normalized spacial score (nSPS) is 10.8. The quantitative estimate of drug-likeness (QED) is 0.310. The molecule has 2 N–H and O–H groups in total. The molecular formula is C31H37N3O6. The van der Waals surface area contributed by atoms with Crippen molar-refractivity contribution in [1.82, 2.24) is 5.32 Å². The van der Waals surface area contributed by atoms with E-state index in [0.717, 1.165) is 11.3 Å². The third-order valence-corrected chi connectivity index (χ3v) is 5.86. The summed E-state index contributed by atoms with van der Waals surface area (Å²) in [4.78, 5) is 39.7. The van der Waals surface area contributed by atoms with Gasteiger partial charge in [0.2, 0.25) is 0 Å². The van der Waals surface area contributed by atoms with Gasteiger partial charge in [0.25, 0.3) is 11.8 Å². The molecule has 0 bridgehead atoms. The van der Waals surface area contributed by atoms with E-state index in [1.165, 1.54) is 7.11 Å². The van der Waals surface area contributed by atoms with Crippen LogP contribution in [0.25, 0.3) is 0 Å². The molecule has 9 nitrogen and oxygen atoms in total. The number of methoxy groups -OCH3 is 1. The first kappa shape index (κ1) is 30.0. The van der Waals surface area contributed by atoms with Crippen LogP contribution in [0.2, 0.25) is 0 Å². The predicted octanol–water partition coefficient (Wildman–Crippen LogP) is 5.83. The molecule has 0 unspecified atom stereocenters. The fraction of sp³-hybridized carbons (Fsp3) is 0.323. The SMILES string of the molecule is COc1cc(C(=O)N(C)c2ccccc2C)ccc1NC(=O)c1ccccc1OCCCNC(=O)OC(C)(C)C. The van der Waals surface area contributed by atoms with E-state index < -0.39 is 17.6 Å². The molecule has 3 amide bonds. The molecule has 0 aromatic heterocycles. The number of rotatable bonds is 10. The first-order valence-corrected chi connectivity index (χ1v) is 13.0. The smallest absolute Gasteiger partial charge is 0.407 e. The third-order valence-electron chi connectivity index (χ3n) is 5.86. The first-order chi connectivity index (χ1) is 19.0. The second-order valence-electron chi connectivity index (χ2n) is 10.1. The number of para-hydroxylation sites is 2. The lowest BCUT2D eigenvalue weighted by atomic mass is 10.1. The van der Waals surface area contributed by atoms with E-state index in [4.69, 9.17) is 14.2 Å². The highest BCUT2D eigenvalue weighted by molar-refractivity contribution is 6.09. The molecule has 9 heteroatoms. The Morgan fingerprint density at radius 2 is 1.62 bits per heavy atom. The van der Waals surface area contributed by atoms with Gasteiger partial charge in [-0.15, -0.1) is 0 Å². The fourth-order valence-electron chi connectivity index (χ4n) is 3.90. The highest BCUT2D eigenvalue weighted by Gasteiger charge is 2.19. The topological polar surface area (TPSA) is 106 Å². The number of carbonyl (C=O) groups is 3. The van der Waals surface area contributed by atoms with Crippen LogP contribution in [0.4, 0.5) is 16.2 Å². The molecule has 0 fully saturated rings. The van der Waals surface area contributed by atoms with Gasteiger partial charge in [0.15, 0.2) is 0 Å². The van der Waals surface area contributed by atoms with Gasteiger partial charge in [-0.25, -0.2) is 4.79 Å². The Labute approximate surface area is 235 Å². The van der Waals surface area contributed by atoms with Crippen LogP contribution in [0, 0.1) is 6.92 Å². The van der Waals surface area contributed by atoms with Gasteiger partial charge in [-0.2, -0.15) is 0 Å². The molecule has 212 valence electrons. The van der Waals surface area contributed by atoms with E-state index in [-0.39, 0.29) is 12.5 Å². The van der Waals surface area contributed by atoms with Crippen LogP contribution in [0.1, 0.15) is 53.5 Å². The van der Waals surface area contributed by atoms with Crippen molar-refractivity contribution in [3.05, 3.63) is 83.4 Å². The zero-order valence-electron chi connectivity index (χ0n) is 23.9. The molecule has 40 heavy (non-hydrogen) atoms. The van der Waals surface area contributed by atoms with Crippen LogP contribution in [0.5, 0.6) is 11.5 Å². The molecule has 0 atom stereocenters. The molecule has 0 radical (unpaired) electrons. The number of nitrogens with zero attached hydrogens (tertiary/aromatic N) is 1. The van der Waals surface area contributed by atoms with Crippen LogP contribution in [-0.4, -0.2) is 50.8 Å². The monoisotopic (exact) mass is 547 g/mol. The summed E-state index contributed by atoms with van der Waals surface area (Å²) < 4.78 is 16.5. The second kappa shape index (κ2) is 13.5. The summed E-state index contributed by atoms with van der Waals surface area (Å²) in [5.74, 6) is 0.161. The number of ether oxygens (including phenoxy) is 3. The predicted molar refractivity (Wildman–Crippen MR) is 156 cm³/mol. The number of amides is 3. The van der Waals surface area contributed by atoms with Crippen molar-refractivity contribution in [2.75, 3.05) is 37.5 Å². The van der Waals surface area contributed by atoms with Crippen LogP contribution in [-0.2, 0) is 4.74 Å². The van der Waals surface area contributed by atoms with Gasteiger partial charge < -0.3 is 29.7 Å². The Bertz CT molecular complexity index is 1350. The highest BCUT2D eigenvalue weighted by atomic mass is 16.6. The minimum absolute atomic E-state index is 0.203. The van der Waals surface area contributed by atoms with E-state index in [1.807, 2.05) is 31.2 Å². The highest BCUT2D eigenvalue weighted by Crippen LogP contribution is 2.29. The maximum Gasteiger partial charge on any atom is 0.407 e. The molecule has 0 heterocycles. The summed E-state index contributed by atoms with van der Waals surface area (Å²) in [6.07, 6.45) is 0.0332. The lowest BCUT2D eigenvalue weighted by molar-refractivity contribution is 0.0525. The zero-order valence-corrected chi connectivity index (χ0v) is 23.9. The fourth-order valence-corrected chi connectivity index (χ4v) is 3.90. The van der Waals surface area contributed by atoms with E-state index in [0.29, 0.717) is 41.3 Å². The number of carbonyl (C=O) groups excluding carboxylic acids is 3. The number of benzene rings is 3. The lowest BCUT2D eigenvalue weighted by Gasteiger charge is -2.20. The number of alkyl carbamates (subject to hydrolysis) is 1. The van der Waals surface area contributed by atoms with E-state index in [2.05, 4.69) is 10.6 Å².